The zero-order valence-electron chi connectivity index (χ0n) is 14.9. The molecule has 1 amide bonds. The molecule has 0 bridgehead atoms. The van der Waals surface area contributed by atoms with E-state index in [9.17, 15) is 26.7 Å². The lowest BCUT2D eigenvalue weighted by Crippen LogP contribution is -2.13. The van der Waals surface area contributed by atoms with E-state index in [1.165, 1.54) is 18.3 Å². The van der Waals surface area contributed by atoms with Gasteiger partial charge in [0.1, 0.15) is 5.82 Å². The molecule has 0 radical (unpaired) electrons. The summed E-state index contributed by atoms with van der Waals surface area (Å²) in [6.07, 6.45) is -2.91. The van der Waals surface area contributed by atoms with Crippen LogP contribution in [0, 0.1) is 11.6 Å². The monoisotopic (exact) mass is 421 g/mol. The molecule has 30 heavy (non-hydrogen) atoms. The number of carbonyl (C=O) groups excluding carboxylic acids is 1. The van der Waals surface area contributed by atoms with Crippen LogP contribution in [0.4, 0.5) is 27.6 Å². The zero-order valence-corrected chi connectivity index (χ0v) is 14.9. The minimum Gasteiger partial charge on any atom is -0.359 e. The molecule has 2 aromatic heterocycles. The average molecular weight is 421 g/mol. The number of amides is 1. The molecule has 0 saturated heterocycles. The van der Waals surface area contributed by atoms with E-state index in [2.05, 4.69) is 25.5 Å². The van der Waals surface area contributed by atoms with Crippen molar-refractivity contribution in [3.63, 3.8) is 0 Å². The van der Waals surface area contributed by atoms with Crippen molar-refractivity contribution in [1.82, 2.24) is 20.2 Å². The van der Waals surface area contributed by atoms with Crippen LogP contribution >= 0.6 is 0 Å². The van der Waals surface area contributed by atoms with E-state index in [0.29, 0.717) is 11.1 Å². The first-order chi connectivity index (χ1) is 14.2. The smallest absolute Gasteiger partial charge is 0.359 e. The number of H-pyrrole nitrogens is 2. The number of hydrogen-bond acceptors (Lipinski definition) is 3. The summed E-state index contributed by atoms with van der Waals surface area (Å²) in [5, 5.41) is 10.3. The van der Waals surface area contributed by atoms with Crippen molar-refractivity contribution in [3.05, 3.63) is 77.0 Å². The summed E-state index contributed by atoms with van der Waals surface area (Å²) >= 11 is 0. The summed E-state index contributed by atoms with van der Waals surface area (Å²) in [6, 6.07) is 6.45. The van der Waals surface area contributed by atoms with Crippen LogP contribution in [-0.2, 0) is 12.6 Å². The number of aromatic nitrogens is 4. The van der Waals surface area contributed by atoms with Crippen LogP contribution in [0.15, 0.2) is 42.6 Å². The maximum Gasteiger partial charge on any atom is 0.416 e. The molecule has 2 heterocycles. The van der Waals surface area contributed by atoms with E-state index in [0.717, 1.165) is 24.3 Å². The first-order valence-electron chi connectivity index (χ1n) is 8.56. The Balaban J connectivity index is 1.47. The number of hydrogen-bond donors (Lipinski definition) is 3. The Morgan fingerprint density at radius 2 is 1.73 bits per heavy atom. The number of carbonyl (C=O) groups is 1. The van der Waals surface area contributed by atoms with Gasteiger partial charge < -0.3 is 15.3 Å². The molecule has 4 aromatic rings. The van der Waals surface area contributed by atoms with Crippen LogP contribution in [0.25, 0.3) is 10.9 Å². The Hall–Kier alpha value is -3.76. The van der Waals surface area contributed by atoms with Gasteiger partial charge in [0.15, 0.2) is 11.6 Å². The van der Waals surface area contributed by atoms with Crippen LogP contribution in [0.5, 0.6) is 0 Å². The second-order valence-corrected chi connectivity index (χ2v) is 6.46. The van der Waals surface area contributed by atoms with Gasteiger partial charge in [-0.05, 0) is 23.8 Å². The molecular weight excluding hydrogens is 409 g/mol. The molecule has 0 aliphatic rings. The van der Waals surface area contributed by atoms with Gasteiger partial charge in [0.05, 0.1) is 16.8 Å². The Morgan fingerprint density at radius 3 is 2.43 bits per heavy atom. The zero-order chi connectivity index (χ0) is 21.5. The Kier molecular flexibility index (Phi) is 4.72. The van der Waals surface area contributed by atoms with E-state index in [1.807, 2.05) is 0 Å². The minimum atomic E-state index is -4.42. The van der Waals surface area contributed by atoms with Crippen molar-refractivity contribution < 1.29 is 26.7 Å². The summed E-state index contributed by atoms with van der Waals surface area (Å²) in [7, 11) is 0. The highest BCUT2D eigenvalue weighted by Gasteiger charge is 2.30. The first kappa shape index (κ1) is 19.6. The first-order valence-corrected chi connectivity index (χ1v) is 8.56. The number of fused-ring (bicyclic) bond motifs is 1. The molecule has 0 atom stereocenters. The number of alkyl halides is 3. The number of rotatable bonds is 4. The molecule has 4 rings (SSSR count). The number of anilines is 1. The third kappa shape index (κ3) is 3.86. The van der Waals surface area contributed by atoms with Gasteiger partial charge in [-0.1, -0.05) is 12.1 Å². The number of nitrogens with zero attached hydrogens (tertiary/aromatic N) is 2. The summed E-state index contributed by atoms with van der Waals surface area (Å²) < 4.78 is 64.6. The minimum absolute atomic E-state index is 0.135. The molecule has 0 unspecified atom stereocenters. The van der Waals surface area contributed by atoms with Crippen molar-refractivity contribution in [1.29, 1.82) is 0 Å². The van der Waals surface area contributed by atoms with E-state index in [1.54, 1.807) is 0 Å². The molecule has 0 saturated carbocycles. The highest BCUT2D eigenvalue weighted by Crippen LogP contribution is 2.29. The fourth-order valence-electron chi connectivity index (χ4n) is 2.89. The van der Waals surface area contributed by atoms with Crippen LogP contribution in [-0.4, -0.2) is 26.1 Å². The number of nitrogens with one attached hydrogen (secondary N) is 3. The van der Waals surface area contributed by atoms with E-state index >= 15 is 0 Å². The lowest BCUT2D eigenvalue weighted by molar-refractivity contribution is -0.137. The van der Waals surface area contributed by atoms with Crippen LogP contribution in [0.1, 0.15) is 27.6 Å². The van der Waals surface area contributed by atoms with E-state index in [-0.39, 0.29) is 29.1 Å². The Morgan fingerprint density at radius 1 is 1.03 bits per heavy atom. The van der Waals surface area contributed by atoms with Gasteiger partial charge in [-0.15, -0.1) is 10.2 Å². The van der Waals surface area contributed by atoms with Gasteiger partial charge in [-0.25, -0.2) is 8.78 Å². The summed E-state index contributed by atoms with van der Waals surface area (Å²) in [6.45, 7) is 0. The van der Waals surface area contributed by atoms with Gasteiger partial charge in [-0.3, -0.25) is 4.79 Å². The molecule has 0 fully saturated rings. The van der Waals surface area contributed by atoms with E-state index in [4.69, 9.17) is 0 Å². The fraction of sp³-hybridized carbons (Fsp3) is 0.105. The second kappa shape index (κ2) is 7.25. The lowest BCUT2D eigenvalue weighted by atomic mass is 10.1. The lowest BCUT2D eigenvalue weighted by Gasteiger charge is -2.06. The summed E-state index contributed by atoms with van der Waals surface area (Å²) in [4.78, 5) is 17.8. The van der Waals surface area contributed by atoms with Crippen LogP contribution < -0.4 is 5.32 Å². The van der Waals surface area contributed by atoms with Crippen molar-refractivity contribution in [2.75, 3.05) is 5.32 Å². The predicted octanol–water partition coefficient (Wildman–Crippen LogP) is 4.43. The maximum absolute atomic E-state index is 13.5. The topological polar surface area (TPSA) is 86.5 Å². The van der Waals surface area contributed by atoms with Gasteiger partial charge in [-0.2, -0.15) is 13.2 Å². The van der Waals surface area contributed by atoms with Gasteiger partial charge in [0.2, 0.25) is 5.82 Å². The molecule has 0 spiro atoms. The number of halogens is 5. The van der Waals surface area contributed by atoms with Crippen molar-refractivity contribution >= 4 is 22.5 Å². The molecule has 6 nitrogen and oxygen atoms in total. The molecule has 0 aliphatic heterocycles. The molecular formula is C19H12F5N5O. The SMILES string of the molecule is O=C(Nc1c[nH]c2cc(F)c(F)cc12)c1nnc(Cc2ccc(C(F)(F)F)cc2)[nH]1. The Labute approximate surface area is 165 Å². The Bertz CT molecular complexity index is 1230. The number of benzene rings is 2. The van der Waals surface area contributed by atoms with Gasteiger partial charge >= 0.3 is 6.18 Å². The van der Waals surface area contributed by atoms with Crippen molar-refractivity contribution in [2.45, 2.75) is 12.6 Å². The molecule has 11 heteroatoms. The third-order valence-electron chi connectivity index (χ3n) is 4.37. The summed E-state index contributed by atoms with van der Waals surface area (Å²) in [5.41, 5.74) is 0.290. The van der Waals surface area contributed by atoms with Crippen LogP contribution in [0.3, 0.4) is 0 Å². The van der Waals surface area contributed by atoms with Gasteiger partial charge in [0.25, 0.3) is 5.91 Å². The quantitative estimate of drug-likeness (QED) is 0.426. The third-order valence-corrected chi connectivity index (χ3v) is 4.37. The standard InChI is InChI=1S/C19H12F5N5O/c20-12-6-11-14(7-13(12)21)25-8-15(11)26-18(30)17-27-16(28-29-17)5-9-1-3-10(4-2-9)19(22,23)24/h1-4,6-8,25H,5H2,(H,26,30)(H,27,28,29). The predicted molar refractivity (Wildman–Crippen MR) is 96.8 cm³/mol. The van der Waals surface area contributed by atoms with E-state index < -0.39 is 29.3 Å². The maximum atomic E-state index is 13.5. The second-order valence-electron chi connectivity index (χ2n) is 6.46. The number of aromatic amines is 2. The van der Waals surface area contributed by atoms with Crippen LogP contribution in [0.2, 0.25) is 0 Å². The molecule has 3 N–H and O–H groups in total. The van der Waals surface area contributed by atoms with Crippen molar-refractivity contribution in [3.8, 4) is 0 Å². The largest absolute Gasteiger partial charge is 0.416 e. The molecule has 2 aromatic carbocycles. The average Bonchev–Trinajstić information content (AvgIpc) is 3.30. The van der Waals surface area contributed by atoms with Crippen molar-refractivity contribution in [2.24, 2.45) is 0 Å². The normalized spacial score (nSPS) is 11.8. The fourth-order valence-corrected chi connectivity index (χ4v) is 2.89. The van der Waals surface area contributed by atoms with Gasteiger partial charge in [0, 0.05) is 24.1 Å². The summed E-state index contributed by atoms with van der Waals surface area (Å²) in [5.74, 6) is -2.63. The highest BCUT2D eigenvalue weighted by atomic mass is 19.4. The molecule has 154 valence electrons. The molecule has 0 aliphatic carbocycles. The highest BCUT2D eigenvalue weighted by molar-refractivity contribution is 6.07.